The van der Waals surface area contributed by atoms with Gasteiger partial charge in [-0.15, -0.1) is 0 Å². The summed E-state index contributed by atoms with van der Waals surface area (Å²) >= 11 is 6.21. The summed E-state index contributed by atoms with van der Waals surface area (Å²) in [6.45, 7) is 5.79. The zero-order valence-corrected chi connectivity index (χ0v) is 17.9. The first-order chi connectivity index (χ1) is 14.4. The van der Waals surface area contributed by atoms with E-state index < -0.39 is 5.97 Å². The van der Waals surface area contributed by atoms with Crippen molar-refractivity contribution in [2.75, 3.05) is 6.61 Å². The number of rotatable bonds is 6. The van der Waals surface area contributed by atoms with Crippen LogP contribution in [0, 0.1) is 18.3 Å². The van der Waals surface area contributed by atoms with Gasteiger partial charge in [-0.25, -0.2) is 4.79 Å². The summed E-state index contributed by atoms with van der Waals surface area (Å²) in [6.07, 6.45) is 0. The molecule has 0 aliphatic heterocycles. The van der Waals surface area contributed by atoms with Gasteiger partial charge >= 0.3 is 5.97 Å². The Morgan fingerprint density at radius 1 is 1.03 bits per heavy atom. The molecule has 30 heavy (non-hydrogen) atoms. The Morgan fingerprint density at radius 3 is 2.20 bits per heavy atom. The number of esters is 1. The molecule has 152 valence electrons. The molecule has 0 amide bonds. The molecule has 0 fully saturated rings. The average Bonchev–Trinajstić information content (AvgIpc) is 2.74. The monoisotopic (exact) mass is 419 g/mol. The quantitative estimate of drug-likeness (QED) is 0.347. The molecule has 0 saturated heterocycles. The van der Waals surface area contributed by atoms with Gasteiger partial charge in [0.25, 0.3) is 0 Å². The van der Waals surface area contributed by atoms with Crippen molar-refractivity contribution >= 4 is 17.6 Å². The van der Waals surface area contributed by atoms with E-state index in [0.717, 1.165) is 22.3 Å². The first-order valence-corrected chi connectivity index (χ1v) is 9.99. The molecule has 0 aliphatic carbocycles. The number of carbonyl (C=O) groups excluding carboxylic acids is 1. The number of nitriles is 1. The predicted octanol–water partition coefficient (Wildman–Crippen LogP) is 6.29. The second kappa shape index (κ2) is 9.47. The minimum absolute atomic E-state index is 0.196. The largest absolute Gasteiger partial charge is 0.482 e. The molecular formula is C25H22ClNO3. The molecule has 0 N–H and O–H groups in total. The molecule has 4 nitrogen and oxygen atoms in total. The summed E-state index contributed by atoms with van der Waals surface area (Å²) in [5.74, 6) is 0.810. The van der Waals surface area contributed by atoms with E-state index in [1.54, 1.807) is 24.3 Å². The highest BCUT2D eigenvalue weighted by Gasteiger charge is 2.14. The fraction of sp³-hybridized carbons (Fsp3) is 0.200. The Hall–Kier alpha value is -3.29. The normalized spacial score (nSPS) is 10.5. The molecule has 0 aromatic heterocycles. The molecule has 0 radical (unpaired) electrons. The molecule has 3 aromatic carbocycles. The lowest BCUT2D eigenvalue weighted by Crippen LogP contribution is -2.18. The van der Waals surface area contributed by atoms with E-state index in [1.165, 1.54) is 0 Å². The third-order valence-electron chi connectivity index (χ3n) is 4.69. The van der Waals surface area contributed by atoms with Crippen LogP contribution in [0.15, 0.2) is 60.7 Å². The van der Waals surface area contributed by atoms with Crippen LogP contribution in [0.25, 0.3) is 11.1 Å². The van der Waals surface area contributed by atoms with Crippen LogP contribution in [0.1, 0.15) is 36.5 Å². The molecule has 0 bridgehead atoms. The molecular weight excluding hydrogens is 398 g/mol. The van der Waals surface area contributed by atoms with Crippen LogP contribution in [0.4, 0.5) is 0 Å². The third kappa shape index (κ3) is 5.20. The molecule has 5 heteroatoms. The zero-order valence-electron chi connectivity index (χ0n) is 17.1. The van der Waals surface area contributed by atoms with Crippen LogP contribution in [-0.4, -0.2) is 12.6 Å². The van der Waals surface area contributed by atoms with Gasteiger partial charge in [0.1, 0.15) is 11.5 Å². The van der Waals surface area contributed by atoms with E-state index in [9.17, 15) is 4.79 Å². The van der Waals surface area contributed by atoms with E-state index >= 15 is 0 Å². The number of nitrogens with zero attached hydrogens (tertiary/aromatic N) is 1. The summed E-state index contributed by atoms with van der Waals surface area (Å²) in [5, 5.41) is 9.57. The summed E-state index contributed by atoms with van der Waals surface area (Å²) < 4.78 is 11.1. The van der Waals surface area contributed by atoms with Crippen molar-refractivity contribution in [3.05, 3.63) is 82.4 Å². The minimum Gasteiger partial charge on any atom is -0.482 e. The van der Waals surface area contributed by atoms with Crippen molar-refractivity contribution in [2.24, 2.45) is 0 Å². The van der Waals surface area contributed by atoms with E-state index in [2.05, 4.69) is 6.07 Å². The number of halogens is 1. The summed E-state index contributed by atoms with van der Waals surface area (Å²) in [7, 11) is 0. The van der Waals surface area contributed by atoms with Crippen molar-refractivity contribution in [2.45, 2.75) is 26.7 Å². The SMILES string of the molecule is Cc1cc(OCC(=O)Oc2ccc(-c3ccc(C#N)cc3)cc2)c(C(C)C)cc1Cl. The number of hydrogen-bond acceptors (Lipinski definition) is 4. The van der Waals surface area contributed by atoms with Crippen molar-refractivity contribution in [1.29, 1.82) is 5.26 Å². The van der Waals surface area contributed by atoms with Crippen molar-refractivity contribution in [1.82, 2.24) is 0 Å². The number of benzene rings is 3. The number of hydrogen-bond donors (Lipinski definition) is 0. The molecule has 3 rings (SSSR count). The van der Waals surface area contributed by atoms with Crippen LogP contribution in [0.2, 0.25) is 5.02 Å². The van der Waals surface area contributed by atoms with Crippen LogP contribution in [0.3, 0.4) is 0 Å². The van der Waals surface area contributed by atoms with Gasteiger partial charge in [-0.1, -0.05) is 49.7 Å². The summed E-state index contributed by atoms with van der Waals surface area (Å²) in [6, 6.07) is 20.3. The van der Waals surface area contributed by atoms with Gasteiger partial charge in [0.2, 0.25) is 0 Å². The lowest BCUT2D eigenvalue weighted by molar-refractivity contribution is -0.136. The lowest BCUT2D eigenvalue weighted by atomic mass is 10.0. The molecule has 0 spiro atoms. The maximum atomic E-state index is 12.2. The van der Waals surface area contributed by atoms with Gasteiger partial charge in [0.05, 0.1) is 11.6 Å². The molecule has 0 heterocycles. The Kier molecular flexibility index (Phi) is 6.76. The van der Waals surface area contributed by atoms with Crippen molar-refractivity contribution in [3.8, 4) is 28.7 Å². The summed E-state index contributed by atoms with van der Waals surface area (Å²) in [5.41, 5.74) is 4.40. The van der Waals surface area contributed by atoms with Crippen molar-refractivity contribution < 1.29 is 14.3 Å². The van der Waals surface area contributed by atoms with Gasteiger partial charge < -0.3 is 9.47 Å². The Balaban J connectivity index is 1.63. The smallest absolute Gasteiger partial charge is 0.349 e. The van der Waals surface area contributed by atoms with E-state index in [0.29, 0.717) is 22.1 Å². The molecule has 0 aliphatic rings. The maximum absolute atomic E-state index is 12.2. The van der Waals surface area contributed by atoms with E-state index in [4.69, 9.17) is 26.3 Å². The minimum atomic E-state index is -0.483. The second-order valence-corrected chi connectivity index (χ2v) is 7.68. The Morgan fingerprint density at radius 2 is 1.63 bits per heavy atom. The van der Waals surface area contributed by atoms with Crippen LogP contribution in [-0.2, 0) is 4.79 Å². The average molecular weight is 420 g/mol. The molecule has 0 atom stereocenters. The first kappa shape index (κ1) is 21.4. The Labute approximate surface area is 181 Å². The van der Waals surface area contributed by atoms with Gasteiger partial charge in [-0.3, -0.25) is 0 Å². The standard InChI is InChI=1S/C25H22ClNO3/c1-16(2)22-13-23(26)17(3)12-24(22)29-15-25(28)30-21-10-8-20(9-11-21)19-6-4-18(14-27)5-7-19/h4-13,16H,15H2,1-3H3. The third-order valence-corrected chi connectivity index (χ3v) is 5.10. The fourth-order valence-corrected chi connectivity index (χ4v) is 3.17. The van der Waals surface area contributed by atoms with Crippen LogP contribution >= 0.6 is 11.6 Å². The van der Waals surface area contributed by atoms with Gasteiger partial charge in [0, 0.05) is 5.02 Å². The highest BCUT2D eigenvalue weighted by molar-refractivity contribution is 6.31. The van der Waals surface area contributed by atoms with E-state index in [-0.39, 0.29) is 12.5 Å². The van der Waals surface area contributed by atoms with Crippen LogP contribution in [0.5, 0.6) is 11.5 Å². The molecule has 0 saturated carbocycles. The highest BCUT2D eigenvalue weighted by Crippen LogP contribution is 2.32. The van der Waals surface area contributed by atoms with E-state index in [1.807, 2.05) is 57.2 Å². The second-order valence-electron chi connectivity index (χ2n) is 7.27. The first-order valence-electron chi connectivity index (χ1n) is 9.61. The van der Waals surface area contributed by atoms with Gasteiger partial charge in [-0.2, -0.15) is 5.26 Å². The number of carbonyl (C=O) groups is 1. The summed E-state index contributed by atoms with van der Waals surface area (Å²) in [4.78, 5) is 12.2. The molecule has 3 aromatic rings. The van der Waals surface area contributed by atoms with Crippen LogP contribution < -0.4 is 9.47 Å². The highest BCUT2D eigenvalue weighted by atomic mass is 35.5. The Bertz CT molecular complexity index is 1080. The van der Waals surface area contributed by atoms with Crippen molar-refractivity contribution in [3.63, 3.8) is 0 Å². The lowest BCUT2D eigenvalue weighted by Gasteiger charge is -2.15. The predicted molar refractivity (Wildman–Crippen MR) is 118 cm³/mol. The number of aryl methyl sites for hydroxylation is 1. The van der Waals surface area contributed by atoms with Gasteiger partial charge in [0.15, 0.2) is 6.61 Å². The maximum Gasteiger partial charge on any atom is 0.349 e. The van der Waals surface area contributed by atoms with Gasteiger partial charge in [-0.05, 0) is 71.5 Å². The number of ether oxygens (including phenoxy) is 2. The zero-order chi connectivity index (χ0) is 21.7. The fourth-order valence-electron chi connectivity index (χ4n) is 3.00. The topological polar surface area (TPSA) is 59.3 Å². The molecule has 0 unspecified atom stereocenters.